The van der Waals surface area contributed by atoms with E-state index in [0.717, 1.165) is 31.6 Å². The normalized spacial score (nSPS) is 14.4. The van der Waals surface area contributed by atoms with E-state index in [4.69, 9.17) is 0 Å². The van der Waals surface area contributed by atoms with Crippen LogP contribution >= 0.6 is 0 Å². The first-order chi connectivity index (χ1) is 14.8. The van der Waals surface area contributed by atoms with Crippen LogP contribution in [0.5, 0.6) is 0 Å². The SMILES string of the molecule is CC(C)CNC(=O)c1ccccc1N1CCC(NC(=O)c2ccc([N+](=O)[O-])cc2)CC1. The van der Waals surface area contributed by atoms with Gasteiger partial charge in [0.2, 0.25) is 0 Å². The van der Waals surface area contributed by atoms with Gasteiger partial charge in [0.1, 0.15) is 0 Å². The third-order valence-corrected chi connectivity index (χ3v) is 5.33. The van der Waals surface area contributed by atoms with Gasteiger partial charge in [-0.3, -0.25) is 19.7 Å². The van der Waals surface area contributed by atoms with Crippen LogP contribution in [0.1, 0.15) is 47.4 Å². The fraction of sp³-hybridized carbons (Fsp3) is 0.391. The molecule has 0 unspecified atom stereocenters. The Kier molecular flexibility index (Phi) is 7.23. The zero-order valence-corrected chi connectivity index (χ0v) is 17.8. The number of hydrogen-bond donors (Lipinski definition) is 2. The molecule has 8 heteroatoms. The summed E-state index contributed by atoms with van der Waals surface area (Å²) in [5.74, 6) is 0.0749. The zero-order valence-electron chi connectivity index (χ0n) is 17.8. The summed E-state index contributed by atoms with van der Waals surface area (Å²) in [5, 5.41) is 16.7. The number of carbonyl (C=O) groups is 2. The van der Waals surface area contributed by atoms with Crippen molar-refractivity contribution in [2.75, 3.05) is 24.5 Å². The number of nitro benzene ring substituents is 1. The molecule has 0 spiro atoms. The van der Waals surface area contributed by atoms with Crippen molar-refractivity contribution >= 4 is 23.2 Å². The Balaban J connectivity index is 1.58. The number of nitrogens with one attached hydrogen (secondary N) is 2. The maximum atomic E-state index is 12.6. The molecule has 31 heavy (non-hydrogen) atoms. The Morgan fingerprint density at radius 3 is 2.32 bits per heavy atom. The van der Waals surface area contributed by atoms with Gasteiger partial charge in [-0.25, -0.2) is 0 Å². The molecule has 0 bridgehead atoms. The standard InChI is InChI=1S/C23H28N4O4/c1-16(2)15-24-23(29)20-5-3-4-6-21(20)26-13-11-18(12-14-26)25-22(28)17-7-9-19(10-8-17)27(30)31/h3-10,16,18H,11-15H2,1-2H3,(H,24,29)(H,25,28). The molecule has 2 aromatic rings. The van der Waals surface area contributed by atoms with Crippen LogP contribution in [0, 0.1) is 16.0 Å². The van der Waals surface area contributed by atoms with Crippen molar-refractivity contribution in [1.82, 2.24) is 10.6 Å². The second-order valence-electron chi connectivity index (χ2n) is 8.16. The molecule has 2 amide bonds. The zero-order chi connectivity index (χ0) is 22.4. The molecule has 0 radical (unpaired) electrons. The molecule has 8 nitrogen and oxygen atoms in total. The highest BCUT2D eigenvalue weighted by molar-refractivity contribution is 5.99. The van der Waals surface area contributed by atoms with Crippen molar-refractivity contribution in [1.29, 1.82) is 0 Å². The fourth-order valence-corrected chi connectivity index (χ4v) is 3.60. The van der Waals surface area contributed by atoms with Crippen LogP contribution in [0.25, 0.3) is 0 Å². The van der Waals surface area contributed by atoms with Crippen LogP contribution in [0.2, 0.25) is 0 Å². The molecule has 1 aliphatic heterocycles. The van der Waals surface area contributed by atoms with E-state index in [1.807, 2.05) is 24.3 Å². The van der Waals surface area contributed by atoms with Crippen molar-refractivity contribution in [3.8, 4) is 0 Å². The van der Waals surface area contributed by atoms with Gasteiger partial charge in [0.05, 0.1) is 10.5 Å². The summed E-state index contributed by atoms with van der Waals surface area (Å²) in [4.78, 5) is 37.5. The average Bonchev–Trinajstić information content (AvgIpc) is 2.78. The lowest BCUT2D eigenvalue weighted by Crippen LogP contribution is -2.45. The molecule has 164 valence electrons. The summed E-state index contributed by atoms with van der Waals surface area (Å²) >= 11 is 0. The minimum absolute atomic E-state index is 0.0147. The lowest BCUT2D eigenvalue weighted by atomic mass is 10.0. The summed E-state index contributed by atoms with van der Waals surface area (Å²) in [6.07, 6.45) is 1.50. The van der Waals surface area contributed by atoms with Crippen molar-refractivity contribution in [3.63, 3.8) is 0 Å². The number of rotatable bonds is 7. The molecular weight excluding hydrogens is 396 g/mol. The monoisotopic (exact) mass is 424 g/mol. The first-order valence-corrected chi connectivity index (χ1v) is 10.5. The predicted octanol–water partition coefficient (Wildman–Crippen LogP) is 3.38. The molecule has 3 rings (SSSR count). The maximum absolute atomic E-state index is 12.6. The van der Waals surface area contributed by atoms with Gasteiger partial charge in [0, 0.05) is 49.1 Å². The molecule has 1 fully saturated rings. The number of amides is 2. The van der Waals surface area contributed by atoms with Crippen molar-refractivity contribution in [2.24, 2.45) is 5.92 Å². The summed E-state index contributed by atoms with van der Waals surface area (Å²) < 4.78 is 0. The van der Waals surface area contributed by atoms with Gasteiger partial charge in [-0.05, 0) is 43.0 Å². The number of nitro groups is 1. The molecule has 0 aromatic heterocycles. The maximum Gasteiger partial charge on any atom is 0.269 e. The van der Waals surface area contributed by atoms with Crippen LogP contribution in [-0.2, 0) is 0 Å². The Hall–Kier alpha value is -3.42. The largest absolute Gasteiger partial charge is 0.371 e. The molecular formula is C23H28N4O4. The number of non-ortho nitro benzene ring substituents is 1. The number of nitrogens with zero attached hydrogens (tertiary/aromatic N) is 2. The van der Waals surface area contributed by atoms with Gasteiger partial charge >= 0.3 is 0 Å². The number of anilines is 1. The van der Waals surface area contributed by atoms with E-state index < -0.39 is 4.92 Å². The smallest absolute Gasteiger partial charge is 0.269 e. The fourth-order valence-electron chi connectivity index (χ4n) is 3.60. The highest BCUT2D eigenvalue weighted by Crippen LogP contribution is 2.24. The molecule has 1 saturated heterocycles. The third kappa shape index (κ3) is 5.81. The van der Waals surface area contributed by atoms with E-state index in [9.17, 15) is 19.7 Å². The number of hydrogen-bond acceptors (Lipinski definition) is 5. The average molecular weight is 425 g/mol. The Morgan fingerprint density at radius 1 is 1.06 bits per heavy atom. The molecule has 2 aromatic carbocycles. The Morgan fingerprint density at radius 2 is 1.71 bits per heavy atom. The van der Waals surface area contributed by atoms with Crippen molar-refractivity contribution in [2.45, 2.75) is 32.7 Å². The van der Waals surface area contributed by atoms with E-state index in [0.29, 0.717) is 23.6 Å². The second-order valence-corrected chi connectivity index (χ2v) is 8.16. The summed E-state index contributed by atoms with van der Waals surface area (Å²) in [7, 11) is 0. The minimum Gasteiger partial charge on any atom is -0.371 e. The minimum atomic E-state index is -0.488. The van der Waals surface area contributed by atoms with Crippen LogP contribution < -0.4 is 15.5 Å². The summed E-state index contributed by atoms with van der Waals surface area (Å²) in [6, 6.07) is 13.2. The topological polar surface area (TPSA) is 105 Å². The number of para-hydroxylation sites is 1. The predicted molar refractivity (Wildman–Crippen MR) is 119 cm³/mol. The van der Waals surface area contributed by atoms with E-state index in [1.165, 1.54) is 24.3 Å². The number of benzene rings is 2. The second kappa shape index (κ2) is 10.1. The van der Waals surface area contributed by atoms with Crippen molar-refractivity contribution in [3.05, 3.63) is 69.8 Å². The lowest BCUT2D eigenvalue weighted by Gasteiger charge is -2.35. The van der Waals surface area contributed by atoms with Gasteiger partial charge in [-0.1, -0.05) is 26.0 Å². The lowest BCUT2D eigenvalue weighted by molar-refractivity contribution is -0.384. The Bertz CT molecular complexity index is 935. The van der Waals surface area contributed by atoms with Crippen LogP contribution in [-0.4, -0.2) is 42.4 Å². The van der Waals surface area contributed by atoms with Crippen LogP contribution in [0.3, 0.4) is 0 Å². The number of piperidine rings is 1. The highest BCUT2D eigenvalue weighted by Gasteiger charge is 2.24. The molecule has 1 aliphatic rings. The molecule has 0 aliphatic carbocycles. The van der Waals surface area contributed by atoms with Gasteiger partial charge in [-0.15, -0.1) is 0 Å². The molecule has 0 atom stereocenters. The van der Waals surface area contributed by atoms with Gasteiger partial charge in [0.15, 0.2) is 0 Å². The summed E-state index contributed by atoms with van der Waals surface area (Å²) in [5.41, 5.74) is 1.93. The van der Waals surface area contributed by atoms with E-state index in [1.54, 1.807) is 0 Å². The highest BCUT2D eigenvalue weighted by atomic mass is 16.6. The van der Waals surface area contributed by atoms with E-state index in [2.05, 4.69) is 29.4 Å². The number of carbonyl (C=O) groups excluding carboxylic acids is 2. The first-order valence-electron chi connectivity index (χ1n) is 10.5. The van der Waals surface area contributed by atoms with Crippen LogP contribution in [0.4, 0.5) is 11.4 Å². The molecule has 2 N–H and O–H groups in total. The van der Waals surface area contributed by atoms with E-state index >= 15 is 0 Å². The van der Waals surface area contributed by atoms with Crippen molar-refractivity contribution < 1.29 is 14.5 Å². The summed E-state index contributed by atoms with van der Waals surface area (Å²) in [6.45, 7) is 6.19. The van der Waals surface area contributed by atoms with Gasteiger partial charge in [-0.2, -0.15) is 0 Å². The molecule has 1 heterocycles. The third-order valence-electron chi connectivity index (χ3n) is 5.33. The Labute approximate surface area is 181 Å². The van der Waals surface area contributed by atoms with Crippen LogP contribution in [0.15, 0.2) is 48.5 Å². The quantitative estimate of drug-likeness (QED) is 0.524. The van der Waals surface area contributed by atoms with Gasteiger partial charge in [0.25, 0.3) is 17.5 Å². The van der Waals surface area contributed by atoms with E-state index in [-0.39, 0.29) is 23.5 Å². The van der Waals surface area contributed by atoms with Gasteiger partial charge < -0.3 is 15.5 Å². The first kappa shape index (κ1) is 22.3. The molecule has 0 saturated carbocycles.